The number of hydrogen-bond donors (Lipinski definition) is 0. The third kappa shape index (κ3) is 4.20. The van der Waals surface area contributed by atoms with Crippen molar-refractivity contribution in [2.45, 2.75) is 20.3 Å². The summed E-state index contributed by atoms with van der Waals surface area (Å²) in [6, 6.07) is 6.87. The molecule has 0 spiro atoms. The van der Waals surface area contributed by atoms with Gasteiger partial charge in [-0.25, -0.2) is 4.79 Å². The van der Waals surface area contributed by atoms with Gasteiger partial charge in [-0.15, -0.1) is 0 Å². The Bertz CT molecular complexity index is 424. The third-order valence-corrected chi connectivity index (χ3v) is 2.34. The number of carbonyl (C=O) groups excluding carboxylic acids is 2. The van der Waals surface area contributed by atoms with Crippen LogP contribution in [-0.4, -0.2) is 25.7 Å². The standard InChI is InChI=1S/C14H18O4/c1-10(2)9-18-13(15)8-11-6-4-5-7-12(11)14(16)17-3/h4-7,10H,8-9H2,1-3H3. The highest BCUT2D eigenvalue weighted by molar-refractivity contribution is 5.92. The van der Waals surface area contributed by atoms with Gasteiger partial charge in [0.1, 0.15) is 0 Å². The monoisotopic (exact) mass is 250 g/mol. The van der Waals surface area contributed by atoms with Crippen LogP contribution in [-0.2, 0) is 20.7 Å². The van der Waals surface area contributed by atoms with Gasteiger partial charge in [0.25, 0.3) is 0 Å². The molecule has 0 aliphatic heterocycles. The molecule has 0 aromatic heterocycles. The van der Waals surface area contributed by atoms with Gasteiger partial charge < -0.3 is 9.47 Å². The van der Waals surface area contributed by atoms with E-state index < -0.39 is 5.97 Å². The van der Waals surface area contributed by atoms with E-state index in [1.165, 1.54) is 7.11 Å². The van der Waals surface area contributed by atoms with Crippen LogP contribution in [0.1, 0.15) is 29.8 Å². The second-order valence-corrected chi connectivity index (χ2v) is 4.40. The van der Waals surface area contributed by atoms with Crippen molar-refractivity contribution < 1.29 is 19.1 Å². The van der Waals surface area contributed by atoms with Crippen LogP contribution in [0.2, 0.25) is 0 Å². The molecule has 0 amide bonds. The maximum Gasteiger partial charge on any atom is 0.338 e. The van der Waals surface area contributed by atoms with Crippen molar-refractivity contribution >= 4 is 11.9 Å². The van der Waals surface area contributed by atoms with Crippen LogP contribution in [0.4, 0.5) is 0 Å². The second kappa shape index (κ2) is 6.79. The lowest BCUT2D eigenvalue weighted by Crippen LogP contribution is -2.14. The molecule has 0 unspecified atom stereocenters. The summed E-state index contributed by atoms with van der Waals surface area (Å²) in [6.07, 6.45) is 0.0813. The van der Waals surface area contributed by atoms with Gasteiger partial charge in [0, 0.05) is 0 Å². The SMILES string of the molecule is COC(=O)c1ccccc1CC(=O)OCC(C)C. The third-order valence-electron chi connectivity index (χ3n) is 2.34. The van der Waals surface area contributed by atoms with Crippen molar-refractivity contribution in [1.29, 1.82) is 0 Å². The van der Waals surface area contributed by atoms with E-state index in [1.54, 1.807) is 24.3 Å². The highest BCUT2D eigenvalue weighted by Crippen LogP contribution is 2.11. The van der Waals surface area contributed by atoms with Crippen molar-refractivity contribution in [3.8, 4) is 0 Å². The molecule has 18 heavy (non-hydrogen) atoms. The average Bonchev–Trinajstić information content (AvgIpc) is 2.36. The van der Waals surface area contributed by atoms with Gasteiger partial charge in [-0.05, 0) is 17.5 Å². The largest absolute Gasteiger partial charge is 0.465 e. The zero-order chi connectivity index (χ0) is 13.5. The topological polar surface area (TPSA) is 52.6 Å². The van der Waals surface area contributed by atoms with Crippen LogP contribution in [0, 0.1) is 5.92 Å². The quantitative estimate of drug-likeness (QED) is 0.752. The molecule has 4 nitrogen and oxygen atoms in total. The van der Waals surface area contributed by atoms with Gasteiger partial charge in [-0.1, -0.05) is 32.0 Å². The Hall–Kier alpha value is -1.84. The van der Waals surface area contributed by atoms with E-state index in [1.807, 2.05) is 13.8 Å². The van der Waals surface area contributed by atoms with Crippen LogP contribution in [0.5, 0.6) is 0 Å². The van der Waals surface area contributed by atoms with Crippen LogP contribution < -0.4 is 0 Å². The molecule has 98 valence electrons. The summed E-state index contributed by atoms with van der Waals surface area (Å²) in [5.41, 5.74) is 1.03. The molecule has 0 heterocycles. The minimum Gasteiger partial charge on any atom is -0.465 e. The molecule has 1 rings (SSSR count). The van der Waals surface area contributed by atoms with E-state index in [-0.39, 0.29) is 12.4 Å². The van der Waals surface area contributed by atoms with Crippen LogP contribution >= 0.6 is 0 Å². The van der Waals surface area contributed by atoms with E-state index in [0.717, 1.165) is 0 Å². The molecule has 0 fully saturated rings. The summed E-state index contributed by atoms with van der Waals surface area (Å²) in [5.74, 6) is -0.480. The average molecular weight is 250 g/mol. The molecule has 0 radical (unpaired) electrons. The van der Waals surface area contributed by atoms with Crippen molar-refractivity contribution in [2.75, 3.05) is 13.7 Å². The van der Waals surface area contributed by atoms with Crippen molar-refractivity contribution in [3.05, 3.63) is 35.4 Å². The molecular formula is C14H18O4. The van der Waals surface area contributed by atoms with Gasteiger partial charge in [0.05, 0.1) is 25.7 Å². The van der Waals surface area contributed by atoms with E-state index in [4.69, 9.17) is 4.74 Å². The molecule has 1 aromatic rings. The molecular weight excluding hydrogens is 232 g/mol. The Morgan fingerprint density at radius 1 is 1.22 bits per heavy atom. The maximum absolute atomic E-state index is 11.6. The van der Waals surface area contributed by atoms with Gasteiger partial charge >= 0.3 is 11.9 Å². The summed E-state index contributed by atoms with van der Waals surface area (Å²) in [7, 11) is 1.32. The highest BCUT2D eigenvalue weighted by Gasteiger charge is 2.14. The van der Waals surface area contributed by atoms with Crippen LogP contribution in [0.3, 0.4) is 0 Å². The maximum atomic E-state index is 11.6. The summed E-state index contributed by atoms with van der Waals surface area (Å²) < 4.78 is 9.75. The lowest BCUT2D eigenvalue weighted by Gasteiger charge is -2.09. The fourth-order valence-corrected chi connectivity index (χ4v) is 1.45. The Labute approximate surface area is 107 Å². The van der Waals surface area contributed by atoms with Crippen LogP contribution in [0.15, 0.2) is 24.3 Å². The van der Waals surface area contributed by atoms with Gasteiger partial charge in [-0.3, -0.25) is 4.79 Å². The first-order chi connectivity index (χ1) is 8.54. The van der Waals surface area contributed by atoms with Gasteiger partial charge in [0.2, 0.25) is 0 Å². The summed E-state index contributed by atoms with van der Waals surface area (Å²) in [6.45, 7) is 4.32. The number of rotatable bonds is 5. The molecule has 0 atom stereocenters. The highest BCUT2D eigenvalue weighted by atomic mass is 16.5. The Kier molecular flexibility index (Phi) is 5.36. The second-order valence-electron chi connectivity index (χ2n) is 4.40. The first-order valence-electron chi connectivity index (χ1n) is 5.86. The normalized spacial score (nSPS) is 10.2. The zero-order valence-corrected chi connectivity index (χ0v) is 10.9. The Morgan fingerprint density at radius 3 is 2.50 bits per heavy atom. The molecule has 0 N–H and O–H groups in total. The lowest BCUT2D eigenvalue weighted by atomic mass is 10.0. The predicted molar refractivity (Wildman–Crippen MR) is 67.3 cm³/mol. The van der Waals surface area contributed by atoms with E-state index in [9.17, 15) is 9.59 Å². The molecule has 0 bridgehead atoms. The summed E-state index contributed by atoms with van der Waals surface area (Å²) in [4.78, 5) is 23.1. The first kappa shape index (κ1) is 14.2. The van der Waals surface area contributed by atoms with Crippen molar-refractivity contribution in [1.82, 2.24) is 0 Å². The van der Waals surface area contributed by atoms with Gasteiger partial charge in [-0.2, -0.15) is 0 Å². The molecule has 0 aliphatic carbocycles. The first-order valence-corrected chi connectivity index (χ1v) is 5.86. The molecule has 0 saturated carbocycles. The van der Waals surface area contributed by atoms with E-state index in [0.29, 0.717) is 23.7 Å². The van der Waals surface area contributed by atoms with E-state index >= 15 is 0 Å². The van der Waals surface area contributed by atoms with E-state index in [2.05, 4.69) is 4.74 Å². The van der Waals surface area contributed by atoms with Crippen LogP contribution in [0.25, 0.3) is 0 Å². The zero-order valence-electron chi connectivity index (χ0n) is 10.9. The number of carbonyl (C=O) groups is 2. The van der Waals surface area contributed by atoms with Crippen molar-refractivity contribution in [2.24, 2.45) is 5.92 Å². The van der Waals surface area contributed by atoms with Gasteiger partial charge in [0.15, 0.2) is 0 Å². The number of ether oxygens (including phenoxy) is 2. The molecule has 0 aliphatic rings. The fourth-order valence-electron chi connectivity index (χ4n) is 1.45. The molecule has 4 heteroatoms. The number of hydrogen-bond acceptors (Lipinski definition) is 4. The predicted octanol–water partition coefficient (Wildman–Crippen LogP) is 2.21. The smallest absolute Gasteiger partial charge is 0.338 e. The number of methoxy groups -OCH3 is 1. The Balaban J connectivity index is 2.72. The molecule has 0 saturated heterocycles. The minimum absolute atomic E-state index is 0.0813. The summed E-state index contributed by atoms with van der Waals surface area (Å²) >= 11 is 0. The number of esters is 2. The number of benzene rings is 1. The van der Waals surface area contributed by atoms with Crippen molar-refractivity contribution in [3.63, 3.8) is 0 Å². The minimum atomic E-state index is -0.442. The fraction of sp³-hybridized carbons (Fsp3) is 0.429. The molecule has 1 aromatic carbocycles. The lowest BCUT2D eigenvalue weighted by molar-refractivity contribution is -0.143. The Morgan fingerprint density at radius 2 is 1.89 bits per heavy atom. The summed E-state index contributed by atoms with van der Waals surface area (Å²) in [5, 5.41) is 0.